The number of nitrogens with one attached hydrogen (secondary N) is 1. The number of aromatic amines is 1. The van der Waals surface area contributed by atoms with Crippen molar-refractivity contribution in [3.63, 3.8) is 0 Å². The van der Waals surface area contributed by atoms with E-state index < -0.39 is 6.10 Å². The minimum Gasteiger partial charge on any atom is -0.454 e. The Morgan fingerprint density at radius 1 is 1.17 bits per heavy atom. The van der Waals surface area contributed by atoms with Crippen LogP contribution in [0.5, 0.6) is 0 Å². The normalized spacial score (nSPS) is 12.0. The number of carbonyl (C=O) groups excluding carboxylic acids is 1. The lowest BCUT2D eigenvalue weighted by Crippen LogP contribution is -2.18. The number of nitrogens with zero attached hydrogens (tertiary/aromatic N) is 1. The van der Waals surface area contributed by atoms with Crippen molar-refractivity contribution in [2.24, 2.45) is 0 Å². The quantitative estimate of drug-likeness (QED) is 0.570. The molecule has 0 aliphatic heterocycles. The molecular formula is C18H16N2O3S. The zero-order valence-electron chi connectivity index (χ0n) is 13.1. The Kier molecular flexibility index (Phi) is 4.96. The van der Waals surface area contributed by atoms with E-state index in [1.165, 1.54) is 11.8 Å². The fourth-order valence-electron chi connectivity index (χ4n) is 2.24. The summed E-state index contributed by atoms with van der Waals surface area (Å²) in [7, 11) is 0. The second-order valence-corrected chi connectivity index (χ2v) is 6.25. The third kappa shape index (κ3) is 3.83. The van der Waals surface area contributed by atoms with Crippen LogP contribution in [0.1, 0.15) is 18.9 Å². The van der Waals surface area contributed by atoms with Crippen LogP contribution in [-0.2, 0) is 9.53 Å². The van der Waals surface area contributed by atoms with Gasteiger partial charge >= 0.3 is 5.97 Å². The summed E-state index contributed by atoms with van der Waals surface area (Å²) in [6, 6.07) is 16.7. The second-order valence-electron chi connectivity index (χ2n) is 5.20. The molecule has 0 aliphatic carbocycles. The van der Waals surface area contributed by atoms with Crippen LogP contribution in [0.3, 0.4) is 0 Å². The van der Waals surface area contributed by atoms with Crippen LogP contribution in [0.4, 0.5) is 0 Å². The summed E-state index contributed by atoms with van der Waals surface area (Å²) < 4.78 is 5.37. The smallest absolute Gasteiger partial charge is 0.316 e. The Morgan fingerprint density at radius 3 is 2.67 bits per heavy atom. The van der Waals surface area contributed by atoms with Gasteiger partial charge in [-0.2, -0.15) is 0 Å². The van der Waals surface area contributed by atoms with Gasteiger partial charge in [0.25, 0.3) is 5.56 Å². The molecule has 0 aliphatic rings. The molecule has 0 amide bonds. The number of ether oxygens (including phenoxy) is 1. The van der Waals surface area contributed by atoms with Gasteiger partial charge in [0.15, 0.2) is 11.9 Å². The van der Waals surface area contributed by atoms with Crippen LogP contribution in [0.2, 0.25) is 0 Å². The largest absolute Gasteiger partial charge is 0.454 e. The molecule has 0 saturated carbocycles. The average Bonchev–Trinajstić information content (AvgIpc) is 2.61. The van der Waals surface area contributed by atoms with Gasteiger partial charge in [-0.3, -0.25) is 9.59 Å². The van der Waals surface area contributed by atoms with Gasteiger partial charge in [-0.15, -0.1) is 11.8 Å². The third-order valence-corrected chi connectivity index (χ3v) is 4.41. The van der Waals surface area contributed by atoms with Crippen molar-refractivity contribution in [1.29, 1.82) is 0 Å². The highest BCUT2D eigenvalue weighted by atomic mass is 32.2. The molecule has 0 radical (unpaired) electrons. The van der Waals surface area contributed by atoms with Crippen molar-refractivity contribution < 1.29 is 9.53 Å². The number of hydrogen-bond acceptors (Lipinski definition) is 5. The summed E-state index contributed by atoms with van der Waals surface area (Å²) in [6.07, 6.45) is -0.619. The highest BCUT2D eigenvalue weighted by Crippen LogP contribution is 2.19. The van der Waals surface area contributed by atoms with Crippen molar-refractivity contribution in [3.8, 4) is 0 Å². The van der Waals surface area contributed by atoms with Crippen LogP contribution < -0.4 is 5.56 Å². The summed E-state index contributed by atoms with van der Waals surface area (Å²) in [6.45, 7) is 1.69. The van der Waals surface area contributed by atoms with Gasteiger partial charge in [0.2, 0.25) is 0 Å². The van der Waals surface area contributed by atoms with Crippen LogP contribution >= 0.6 is 11.8 Å². The molecule has 0 fully saturated rings. The minimum absolute atomic E-state index is 0.201. The number of esters is 1. The fourth-order valence-corrected chi connectivity index (χ4v) is 2.95. The lowest BCUT2D eigenvalue weighted by atomic mass is 10.2. The molecule has 1 heterocycles. The van der Waals surface area contributed by atoms with Gasteiger partial charge in [0.05, 0.1) is 16.7 Å². The Bertz CT molecular complexity index is 909. The number of hydrogen-bond donors (Lipinski definition) is 1. The lowest BCUT2D eigenvalue weighted by Gasteiger charge is -2.13. The first kappa shape index (κ1) is 16.3. The summed E-state index contributed by atoms with van der Waals surface area (Å²) in [5.74, 6) is 0.190. The molecule has 1 N–H and O–H groups in total. The Balaban J connectivity index is 1.67. The number of rotatable bonds is 5. The van der Waals surface area contributed by atoms with E-state index in [9.17, 15) is 9.59 Å². The SMILES string of the molecule is C[C@H](OC(=O)CSc1ccccc1)c1nc2ccccc2c(=O)[nH]1. The summed E-state index contributed by atoms with van der Waals surface area (Å²) in [5, 5.41) is 0.513. The van der Waals surface area contributed by atoms with Gasteiger partial charge in [-0.1, -0.05) is 30.3 Å². The molecule has 24 heavy (non-hydrogen) atoms. The van der Waals surface area contributed by atoms with Gasteiger partial charge < -0.3 is 9.72 Å². The van der Waals surface area contributed by atoms with Gasteiger partial charge in [-0.25, -0.2) is 4.98 Å². The number of fused-ring (bicyclic) bond motifs is 1. The van der Waals surface area contributed by atoms with E-state index in [0.717, 1.165) is 4.90 Å². The maximum absolute atomic E-state index is 12.1. The number of benzene rings is 2. The number of aromatic nitrogens is 2. The molecule has 1 atom stereocenters. The maximum Gasteiger partial charge on any atom is 0.316 e. The Morgan fingerprint density at radius 2 is 1.88 bits per heavy atom. The predicted octanol–water partition coefficient (Wildman–Crippen LogP) is 3.32. The van der Waals surface area contributed by atoms with Crippen molar-refractivity contribution in [1.82, 2.24) is 9.97 Å². The molecule has 0 saturated heterocycles. The van der Waals surface area contributed by atoms with E-state index in [4.69, 9.17) is 4.74 Å². The molecule has 2 aromatic carbocycles. The molecular weight excluding hydrogens is 324 g/mol. The molecule has 3 aromatic rings. The highest BCUT2D eigenvalue weighted by molar-refractivity contribution is 8.00. The van der Waals surface area contributed by atoms with Crippen LogP contribution in [0.15, 0.2) is 64.3 Å². The monoisotopic (exact) mass is 340 g/mol. The fraction of sp³-hybridized carbons (Fsp3) is 0.167. The lowest BCUT2D eigenvalue weighted by molar-refractivity contribution is -0.145. The summed E-state index contributed by atoms with van der Waals surface area (Å²) in [5.41, 5.74) is 0.343. The topological polar surface area (TPSA) is 72.0 Å². The molecule has 3 rings (SSSR count). The van der Waals surface area contributed by atoms with Gasteiger partial charge in [0.1, 0.15) is 0 Å². The predicted molar refractivity (Wildman–Crippen MR) is 94.0 cm³/mol. The Hall–Kier alpha value is -2.60. The van der Waals surface area contributed by atoms with Crippen molar-refractivity contribution >= 4 is 28.6 Å². The van der Waals surface area contributed by atoms with Gasteiger partial charge in [-0.05, 0) is 31.2 Å². The molecule has 0 bridgehead atoms. The minimum atomic E-state index is -0.619. The van der Waals surface area contributed by atoms with E-state index >= 15 is 0 Å². The number of thioether (sulfide) groups is 1. The van der Waals surface area contributed by atoms with E-state index in [1.54, 1.807) is 25.1 Å². The third-order valence-electron chi connectivity index (χ3n) is 3.42. The molecule has 0 spiro atoms. The Labute approximate surface area is 143 Å². The first-order valence-corrected chi connectivity index (χ1v) is 8.48. The van der Waals surface area contributed by atoms with Crippen molar-refractivity contribution in [2.45, 2.75) is 17.9 Å². The van der Waals surface area contributed by atoms with Crippen molar-refractivity contribution in [3.05, 3.63) is 70.8 Å². The molecule has 1 aromatic heterocycles. The van der Waals surface area contributed by atoms with E-state index in [1.807, 2.05) is 36.4 Å². The summed E-state index contributed by atoms with van der Waals surface area (Å²) in [4.78, 5) is 32.1. The zero-order chi connectivity index (χ0) is 16.9. The summed E-state index contributed by atoms with van der Waals surface area (Å²) >= 11 is 1.40. The molecule has 122 valence electrons. The highest BCUT2D eigenvalue weighted by Gasteiger charge is 2.15. The molecule has 6 heteroatoms. The van der Waals surface area contributed by atoms with Gasteiger partial charge in [0, 0.05) is 4.90 Å². The molecule has 0 unspecified atom stereocenters. The van der Waals surface area contributed by atoms with Crippen LogP contribution in [-0.4, -0.2) is 21.7 Å². The first-order valence-electron chi connectivity index (χ1n) is 7.50. The standard InChI is InChI=1S/C18H16N2O3S/c1-12(23-16(21)11-24-13-7-3-2-4-8-13)17-19-15-10-6-5-9-14(15)18(22)20-17/h2-10,12H,11H2,1H3,(H,19,20,22)/t12-/m0/s1. The van der Waals surface area contributed by atoms with E-state index in [2.05, 4.69) is 9.97 Å². The van der Waals surface area contributed by atoms with Crippen LogP contribution in [0, 0.1) is 0 Å². The molecule has 5 nitrogen and oxygen atoms in total. The van der Waals surface area contributed by atoms with Crippen molar-refractivity contribution in [2.75, 3.05) is 5.75 Å². The number of carbonyl (C=O) groups is 1. The number of H-pyrrole nitrogens is 1. The second kappa shape index (κ2) is 7.31. The van der Waals surface area contributed by atoms with E-state index in [-0.39, 0.29) is 17.3 Å². The maximum atomic E-state index is 12.1. The average molecular weight is 340 g/mol. The first-order chi connectivity index (χ1) is 11.6. The van der Waals surface area contributed by atoms with E-state index in [0.29, 0.717) is 16.7 Å². The van der Waals surface area contributed by atoms with Crippen LogP contribution in [0.25, 0.3) is 10.9 Å². The zero-order valence-corrected chi connectivity index (χ0v) is 13.9. The number of para-hydroxylation sites is 1.